The van der Waals surface area contributed by atoms with Gasteiger partial charge in [0.25, 0.3) is 0 Å². The molecule has 0 bridgehead atoms. The highest BCUT2D eigenvalue weighted by Gasteiger charge is 2.41. The first kappa shape index (κ1) is 12.4. The first-order valence-electron chi connectivity index (χ1n) is 5.56. The van der Waals surface area contributed by atoms with E-state index in [0.29, 0.717) is 24.0 Å². The zero-order valence-corrected chi connectivity index (χ0v) is 10.6. The Balaban J connectivity index is 2.60. The van der Waals surface area contributed by atoms with E-state index >= 15 is 0 Å². The van der Waals surface area contributed by atoms with Gasteiger partial charge in [0.15, 0.2) is 0 Å². The lowest BCUT2D eigenvalue weighted by molar-refractivity contribution is -0.147. The summed E-state index contributed by atoms with van der Waals surface area (Å²) < 4.78 is 18.7. The van der Waals surface area contributed by atoms with Gasteiger partial charge in [-0.3, -0.25) is 4.79 Å². The molecule has 17 heavy (non-hydrogen) atoms. The van der Waals surface area contributed by atoms with Crippen LogP contribution in [0.4, 0.5) is 4.39 Å². The molecule has 0 amide bonds. The molecule has 1 unspecified atom stereocenters. The maximum absolute atomic E-state index is 13.9. The zero-order chi connectivity index (χ0) is 12.6. The van der Waals surface area contributed by atoms with E-state index in [1.165, 1.54) is 13.2 Å². The average molecular weight is 257 g/mol. The molecule has 0 saturated carbocycles. The summed E-state index contributed by atoms with van der Waals surface area (Å²) in [5, 5.41) is 0.109. The van der Waals surface area contributed by atoms with Crippen LogP contribution in [0.2, 0.25) is 5.02 Å². The number of ether oxygens (including phenoxy) is 1. The lowest BCUT2D eigenvalue weighted by atomic mass is 9.71. The molecule has 1 atom stereocenters. The van der Waals surface area contributed by atoms with Crippen molar-refractivity contribution in [2.75, 3.05) is 7.11 Å². The molecule has 1 aliphatic carbocycles. The fourth-order valence-electron chi connectivity index (χ4n) is 2.54. The molecule has 0 N–H and O–H groups in total. The van der Waals surface area contributed by atoms with Crippen molar-refractivity contribution in [2.24, 2.45) is 0 Å². The van der Waals surface area contributed by atoms with Gasteiger partial charge in [0.2, 0.25) is 0 Å². The third kappa shape index (κ3) is 1.82. The van der Waals surface area contributed by atoms with Crippen LogP contribution in [0.3, 0.4) is 0 Å². The molecule has 0 aliphatic heterocycles. The van der Waals surface area contributed by atoms with E-state index in [2.05, 4.69) is 0 Å². The van der Waals surface area contributed by atoms with E-state index in [-0.39, 0.29) is 11.0 Å². The second kappa shape index (κ2) is 4.30. The van der Waals surface area contributed by atoms with Crippen LogP contribution in [0, 0.1) is 5.82 Å². The molecular weight excluding hydrogens is 243 g/mol. The SMILES string of the molecule is COC(=O)C1(C)CCCc2c1ccc(Cl)c2F. The molecule has 2 nitrogen and oxygen atoms in total. The smallest absolute Gasteiger partial charge is 0.316 e. The van der Waals surface area contributed by atoms with Crippen molar-refractivity contribution in [1.29, 1.82) is 0 Å². The summed E-state index contributed by atoms with van der Waals surface area (Å²) in [6.45, 7) is 1.80. The molecule has 1 aromatic carbocycles. The Morgan fingerprint density at radius 1 is 1.53 bits per heavy atom. The number of carbonyl (C=O) groups is 1. The number of hydrogen-bond donors (Lipinski definition) is 0. The molecule has 0 spiro atoms. The minimum atomic E-state index is -0.756. The van der Waals surface area contributed by atoms with Gasteiger partial charge in [-0.1, -0.05) is 17.7 Å². The standard InChI is InChI=1S/C13H14ClFO2/c1-13(12(16)17-2)7-3-4-8-9(13)5-6-10(14)11(8)15/h5-6H,3-4,7H2,1-2H3. The molecule has 1 aliphatic rings. The van der Waals surface area contributed by atoms with Gasteiger partial charge in [-0.25, -0.2) is 4.39 Å². The Morgan fingerprint density at radius 3 is 2.88 bits per heavy atom. The van der Waals surface area contributed by atoms with Crippen LogP contribution in [0.5, 0.6) is 0 Å². The molecular formula is C13H14ClFO2. The monoisotopic (exact) mass is 256 g/mol. The van der Waals surface area contributed by atoms with Crippen LogP contribution in [0.1, 0.15) is 30.9 Å². The summed E-state index contributed by atoms with van der Waals surface area (Å²) >= 11 is 5.76. The third-order valence-electron chi connectivity index (χ3n) is 3.53. The van der Waals surface area contributed by atoms with Crippen molar-refractivity contribution in [2.45, 2.75) is 31.6 Å². The molecule has 0 radical (unpaired) electrons. The number of rotatable bonds is 1. The quantitative estimate of drug-likeness (QED) is 0.721. The molecule has 4 heteroatoms. The van der Waals surface area contributed by atoms with Crippen LogP contribution < -0.4 is 0 Å². The highest BCUT2D eigenvalue weighted by Crippen LogP contribution is 2.40. The summed E-state index contributed by atoms with van der Waals surface area (Å²) in [7, 11) is 1.36. The van der Waals surface area contributed by atoms with Crippen LogP contribution in [-0.2, 0) is 21.4 Å². The fraction of sp³-hybridized carbons (Fsp3) is 0.462. The van der Waals surface area contributed by atoms with E-state index in [9.17, 15) is 9.18 Å². The lowest BCUT2D eigenvalue weighted by Crippen LogP contribution is -2.37. The topological polar surface area (TPSA) is 26.3 Å². The van der Waals surface area contributed by atoms with Crippen molar-refractivity contribution in [3.63, 3.8) is 0 Å². The Morgan fingerprint density at radius 2 is 2.24 bits per heavy atom. The average Bonchev–Trinajstić information content (AvgIpc) is 2.33. The van der Waals surface area contributed by atoms with Gasteiger partial charge in [-0.15, -0.1) is 0 Å². The maximum Gasteiger partial charge on any atom is 0.316 e. The van der Waals surface area contributed by atoms with E-state index < -0.39 is 11.2 Å². The molecule has 0 aromatic heterocycles. The van der Waals surface area contributed by atoms with Gasteiger partial charge in [0, 0.05) is 0 Å². The molecule has 1 aromatic rings. The summed E-state index contributed by atoms with van der Waals surface area (Å²) in [6, 6.07) is 3.24. The number of halogens is 2. The van der Waals surface area contributed by atoms with Crippen molar-refractivity contribution < 1.29 is 13.9 Å². The molecule has 0 fully saturated rings. The number of carbonyl (C=O) groups excluding carboxylic acids is 1. The Kier molecular flexibility index (Phi) is 3.13. The largest absolute Gasteiger partial charge is 0.468 e. The van der Waals surface area contributed by atoms with Gasteiger partial charge in [-0.05, 0) is 43.4 Å². The number of hydrogen-bond acceptors (Lipinski definition) is 2. The highest BCUT2D eigenvalue weighted by molar-refractivity contribution is 6.30. The lowest BCUT2D eigenvalue weighted by Gasteiger charge is -2.33. The third-order valence-corrected chi connectivity index (χ3v) is 3.82. The number of esters is 1. The maximum atomic E-state index is 13.9. The summed E-state index contributed by atoms with van der Waals surface area (Å²) in [4.78, 5) is 11.9. The highest BCUT2D eigenvalue weighted by atomic mass is 35.5. The Labute approximate surface area is 105 Å². The number of benzene rings is 1. The first-order valence-corrected chi connectivity index (χ1v) is 5.94. The van der Waals surface area contributed by atoms with Crippen molar-refractivity contribution in [1.82, 2.24) is 0 Å². The fourth-order valence-corrected chi connectivity index (χ4v) is 2.72. The number of fused-ring (bicyclic) bond motifs is 1. The Hall–Kier alpha value is -1.09. The molecule has 92 valence electrons. The summed E-state index contributed by atoms with van der Waals surface area (Å²) in [6.07, 6.45) is 2.05. The zero-order valence-electron chi connectivity index (χ0n) is 9.85. The van der Waals surface area contributed by atoms with Crippen molar-refractivity contribution >= 4 is 17.6 Å². The van der Waals surface area contributed by atoms with E-state index in [0.717, 1.165) is 6.42 Å². The second-order valence-corrected chi connectivity index (χ2v) is 4.97. The van der Waals surface area contributed by atoms with E-state index in [1.54, 1.807) is 13.0 Å². The second-order valence-electron chi connectivity index (χ2n) is 4.56. The van der Waals surface area contributed by atoms with Gasteiger partial charge < -0.3 is 4.74 Å². The predicted molar refractivity (Wildman–Crippen MR) is 63.7 cm³/mol. The molecule has 0 saturated heterocycles. The van der Waals surface area contributed by atoms with Crippen LogP contribution in [0.15, 0.2) is 12.1 Å². The van der Waals surface area contributed by atoms with E-state index in [1.807, 2.05) is 0 Å². The van der Waals surface area contributed by atoms with Crippen molar-refractivity contribution in [3.8, 4) is 0 Å². The van der Waals surface area contributed by atoms with E-state index in [4.69, 9.17) is 16.3 Å². The molecule has 2 rings (SSSR count). The van der Waals surface area contributed by atoms with Crippen LogP contribution >= 0.6 is 11.6 Å². The van der Waals surface area contributed by atoms with Gasteiger partial charge in [0.05, 0.1) is 17.5 Å². The predicted octanol–water partition coefficient (Wildman–Crippen LogP) is 3.25. The summed E-state index contributed by atoms with van der Waals surface area (Å²) in [5.41, 5.74) is 0.502. The molecule has 0 heterocycles. The van der Waals surface area contributed by atoms with Gasteiger partial charge >= 0.3 is 5.97 Å². The van der Waals surface area contributed by atoms with Crippen molar-refractivity contribution in [3.05, 3.63) is 34.1 Å². The summed E-state index contributed by atoms with van der Waals surface area (Å²) in [5.74, 6) is -0.723. The van der Waals surface area contributed by atoms with Crippen LogP contribution in [0.25, 0.3) is 0 Å². The van der Waals surface area contributed by atoms with Gasteiger partial charge in [0.1, 0.15) is 5.82 Å². The first-order chi connectivity index (χ1) is 8.00. The van der Waals surface area contributed by atoms with Gasteiger partial charge in [-0.2, -0.15) is 0 Å². The Bertz CT molecular complexity index is 473. The minimum absolute atomic E-state index is 0.109. The normalized spacial score (nSPS) is 23.1. The minimum Gasteiger partial charge on any atom is -0.468 e. The van der Waals surface area contributed by atoms with Crippen LogP contribution in [-0.4, -0.2) is 13.1 Å². The number of methoxy groups -OCH3 is 1.